The van der Waals surface area contributed by atoms with E-state index in [9.17, 15) is 4.39 Å². The maximum Gasteiger partial charge on any atom is 0.201 e. The predicted molar refractivity (Wildman–Crippen MR) is 82.4 cm³/mol. The maximum absolute atomic E-state index is 13.7. The smallest absolute Gasteiger partial charge is 0.201 e. The molecule has 0 fully saturated rings. The molecule has 3 rings (SSSR count). The number of rotatable bonds is 2. The molecule has 0 radical (unpaired) electrons. The lowest BCUT2D eigenvalue weighted by molar-refractivity contribution is 0.622. The Morgan fingerprint density at radius 3 is 2.80 bits per heavy atom. The lowest BCUT2D eigenvalue weighted by Gasteiger charge is -2.08. The number of aromatic nitrogens is 2. The average Bonchev–Trinajstić information content (AvgIpc) is 2.69. The van der Waals surface area contributed by atoms with Gasteiger partial charge in [-0.05, 0) is 33.6 Å². The van der Waals surface area contributed by atoms with Crippen molar-refractivity contribution in [3.63, 3.8) is 0 Å². The first-order valence-corrected chi connectivity index (χ1v) is 7.07. The van der Waals surface area contributed by atoms with Gasteiger partial charge in [-0.1, -0.05) is 29.8 Å². The summed E-state index contributed by atoms with van der Waals surface area (Å²) >= 11 is 9.29. The molecule has 0 unspecified atom stereocenters. The molecule has 1 heterocycles. The number of hydrogen-bond donors (Lipinski definition) is 1. The molecule has 20 heavy (non-hydrogen) atoms. The van der Waals surface area contributed by atoms with Gasteiger partial charge in [0.1, 0.15) is 5.82 Å². The first kappa shape index (κ1) is 13.4. The molecule has 0 spiro atoms. The molecule has 102 valence electrons. The molecule has 1 aromatic heterocycles. The highest BCUT2D eigenvalue weighted by Crippen LogP contribution is 2.27. The minimum absolute atomic E-state index is 0.331. The zero-order valence-corrected chi connectivity index (χ0v) is 12.6. The van der Waals surface area contributed by atoms with Gasteiger partial charge in [0.05, 0.1) is 22.1 Å². The normalized spacial score (nSPS) is 11.2. The highest BCUT2D eigenvalue weighted by Gasteiger charge is 2.12. The van der Waals surface area contributed by atoms with E-state index >= 15 is 0 Å². The first-order valence-electron chi connectivity index (χ1n) is 5.90. The van der Waals surface area contributed by atoms with Crippen LogP contribution < -0.4 is 5.73 Å². The SMILES string of the molecule is Nc1nc2cc(Br)c(F)cc2n1Cc1ccccc1Cl. The Hall–Kier alpha value is -1.59. The Morgan fingerprint density at radius 2 is 2.05 bits per heavy atom. The topological polar surface area (TPSA) is 43.8 Å². The second kappa shape index (κ2) is 5.07. The van der Waals surface area contributed by atoms with Crippen LogP contribution in [0.1, 0.15) is 5.56 Å². The van der Waals surface area contributed by atoms with Crippen LogP contribution in [0.15, 0.2) is 40.9 Å². The minimum atomic E-state index is -0.349. The summed E-state index contributed by atoms with van der Waals surface area (Å²) in [5.41, 5.74) is 8.11. The van der Waals surface area contributed by atoms with Crippen LogP contribution in [0.5, 0.6) is 0 Å². The molecule has 0 atom stereocenters. The fraction of sp³-hybridized carbons (Fsp3) is 0.0714. The van der Waals surface area contributed by atoms with Crippen molar-refractivity contribution >= 4 is 44.5 Å². The second-order valence-corrected chi connectivity index (χ2v) is 5.66. The van der Waals surface area contributed by atoms with Gasteiger partial charge < -0.3 is 10.3 Å². The standard InChI is InChI=1S/C14H10BrClFN3/c15-9-5-12-13(6-11(9)17)20(14(18)19-12)7-8-3-1-2-4-10(8)16/h1-6H,7H2,(H2,18,19). The van der Waals surface area contributed by atoms with Gasteiger partial charge >= 0.3 is 0 Å². The van der Waals surface area contributed by atoms with E-state index in [1.807, 2.05) is 24.3 Å². The van der Waals surface area contributed by atoms with Gasteiger partial charge in [0.15, 0.2) is 0 Å². The molecule has 0 aliphatic heterocycles. The Labute approximate surface area is 128 Å². The van der Waals surface area contributed by atoms with Gasteiger partial charge in [0, 0.05) is 11.1 Å². The molecule has 0 aliphatic rings. The number of fused-ring (bicyclic) bond motifs is 1. The summed E-state index contributed by atoms with van der Waals surface area (Å²) in [5, 5.41) is 0.645. The van der Waals surface area contributed by atoms with E-state index in [1.165, 1.54) is 6.07 Å². The molecule has 3 nitrogen and oxygen atoms in total. The summed E-state index contributed by atoms with van der Waals surface area (Å²) in [6.45, 7) is 0.447. The zero-order chi connectivity index (χ0) is 14.3. The molecular weight excluding hydrogens is 345 g/mol. The summed E-state index contributed by atoms with van der Waals surface area (Å²) < 4.78 is 15.8. The summed E-state index contributed by atoms with van der Waals surface area (Å²) in [6, 6.07) is 10.5. The van der Waals surface area contributed by atoms with Crippen LogP contribution in [-0.4, -0.2) is 9.55 Å². The van der Waals surface area contributed by atoms with Crippen molar-refractivity contribution in [3.05, 3.63) is 57.3 Å². The third-order valence-corrected chi connectivity index (χ3v) is 4.08. The summed E-state index contributed by atoms with van der Waals surface area (Å²) in [5.74, 6) is -0.0183. The van der Waals surface area contributed by atoms with E-state index in [1.54, 1.807) is 10.6 Å². The third kappa shape index (κ3) is 2.27. The number of nitrogens with zero attached hydrogens (tertiary/aromatic N) is 2. The van der Waals surface area contributed by atoms with Crippen LogP contribution in [0.2, 0.25) is 5.02 Å². The average molecular weight is 355 g/mol. The number of benzene rings is 2. The van der Waals surface area contributed by atoms with Crippen LogP contribution >= 0.6 is 27.5 Å². The van der Waals surface area contributed by atoms with Crippen molar-refractivity contribution in [3.8, 4) is 0 Å². The molecule has 6 heteroatoms. The fourth-order valence-electron chi connectivity index (χ4n) is 2.10. The highest BCUT2D eigenvalue weighted by atomic mass is 79.9. The Morgan fingerprint density at radius 1 is 1.30 bits per heavy atom. The Bertz CT molecular complexity index is 800. The van der Waals surface area contributed by atoms with Crippen molar-refractivity contribution in [2.75, 3.05) is 5.73 Å². The highest BCUT2D eigenvalue weighted by molar-refractivity contribution is 9.10. The number of hydrogen-bond acceptors (Lipinski definition) is 2. The van der Waals surface area contributed by atoms with Crippen molar-refractivity contribution in [2.24, 2.45) is 0 Å². The number of nitrogens with two attached hydrogens (primary N) is 1. The predicted octanol–water partition coefficient (Wildman–Crippen LogP) is 4.22. The van der Waals surface area contributed by atoms with Gasteiger partial charge in [-0.15, -0.1) is 0 Å². The molecule has 2 aromatic carbocycles. The summed E-state index contributed by atoms with van der Waals surface area (Å²) in [7, 11) is 0. The number of nitrogen functional groups attached to an aromatic ring is 1. The Balaban J connectivity index is 2.14. The van der Waals surface area contributed by atoms with Gasteiger partial charge in [-0.3, -0.25) is 0 Å². The van der Waals surface area contributed by atoms with Gasteiger partial charge in [-0.2, -0.15) is 0 Å². The van der Waals surface area contributed by atoms with Gasteiger partial charge in [0.25, 0.3) is 0 Å². The van der Waals surface area contributed by atoms with Crippen LogP contribution in [0.3, 0.4) is 0 Å². The zero-order valence-electron chi connectivity index (χ0n) is 10.3. The van der Waals surface area contributed by atoms with E-state index in [2.05, 4.69) is 20.9 Å². The van der Waals surface area contributed by atoms with Crippen LogP contribution in [-0.2, 0) is 6.54 Å². The minimum Gasteiger partial charge on any atom is -0.369 e. The number of imidazole rings is 1. The van der Waals surface area contributed by atoms with Crippen LogP contribution in [0.4, 0.5) is 10.3 Å². The summed E-state index contributed by atoms with van der Waals surface area (Å²) in [6.07, 6.45) is 0. The molecule has 0 amide bonds. The molecule has 0 aliphatic carbocycles. The van der Waals surface area contributed by atoms with Crippen molar-refractivity contribution < 1.29 is 4.39 Å². The van der Waals surface area contributed by atoms with Crippen molar-refractivity contribution in [2.45, 2.75) is 6.54 Å². The second-order valence-electron chi connectivity index (χ2n) is 4.40. The van der Waals surface area contributed by atoms with E-state index in [4.69, 9.17) is 17.3 Å². The largest absolute Gasteiger partial charge is 0.369 e. The van der Waals surface area contributed by atoms with E-state index < -0.39 is 0 Å². The lowest BCUT2D eigenvalue weighted by atomic mass is 10.2. The molecule has 3 aromatic rings. The third-order valence-electron chi connectivity index (χ3n) is 3.11. The van der Waals surface area contributed by atoms with Gasteiger partial charge in [0.2, 0.25) is 5.95 Å². The molecular formula is C14H10BrClFN3. The van der Waals surface area contributed by atoms with E-state index in [-0.39, 0.29) is 5.82 Å². The van der Waals surface area contributed by atoms with Crippen LogP contribution in [0.25, 0.3) is 11.0 Å². The number of halogens is 3. The van der Waals surface area contributed by atoms with Gasteiger partial charge in [-0.25, -0.2) is 9.37 Å². The molecule has 0 saturated carbocycles. The van der Waals surface area contributed by atoms with E-state index in [0.29, 0.717) is 33.0 Å². The number of anilines is 1. The summed E-state index contributed by atoms with van der Waals surface area (Å²) in [4.78, 5) is 4.24. The molecule has 0 saturated heterocycles. The van der Waals surface area contributed by atoms with E-state index in [0.717, 1.165) is 5.56 Å². The Kier molecular flexibility index (Phi) is 3.40. The fourth-order valence-corrected chi connectivity index (χ4v) is 2.63. The maximum atomic E-state index is 13.7. The quantitative estimate of drug-likeness (QED) is 0.749. The first-order chi connectivity index (χ1) is 9.56. The molecule has 0 bridgehead atoms. The van der Waals surface area contributed by atoms with Crippen molar-refractivity contribution in [1.82, 2.24) is 9.55 Å². The lowest BCUT2D eigenvalue weighted by Crippen LogP contribution is -2.05. The molecule has 2 N–H and O–H groups in total. The van der Waals surface area contributed by atoms with Crippen molar-refractivity contribution in [1.29, 1.82) is 0 Å². The monoisotopic (exact) mass is 353 g/mol. The van der Waals surface area contributed by atoms with Crippen LogP contribution in [0, 0.1) is 5.82 Å².